The van der Waals surface area contributed by atoms with Crippen LogP contribution in [0.4, 0.5) is 0 Å². The minimum Gasteiger partial charge on any atom is -1.00 e. The van der Waals surface area contributed by atoms with E-state index in [1.54, 1.807) is 0 Å². The predicted octanol–water partition coefficient (Wildman–Crippen LogP) is 3.93. The van der Waals surface area contributed by atoms with Crippen molar-refractivity contribution in [1.29, 1.82) is 0 Å². The van der Waals surface area contributed by atoms with Crippen LogP contribution in [0.15, 0.2) is 0 Å². The van der Waals surface area contributed by atoms with Crippen molar-refractivity contribution < 1.29 is 22.7 Å². The van der Waals surface area contributed by atoms with E-state index in [0.717, 1.165) is 38.5 Å². The molecule has 0 amide bonds. The van der Waals surface area contributed by atoms with Gasteiger partial charge in [0.25, 0.3) is 0 Å². The second-order valence-electron chi connectivity index (χ2n) is 5.31. The summed E-state index contributed by atoms with van der Waals surface area (Å²) >= 11 is 0. The van der Waals surface area contributed by atoms with Crippen LogP contribution in [0.3, 0.4) is 0 Å². The van der Waals surface area contributed by atoms with Crippen LogP contribution in [0, 0.1) is 5.41 Å². The molecule has 0 aliphatic heterocycles. The van der Waals surface area contributed by atoms with Gasteiger partial charge in [0.15, 0.2) is 5.41 Å². The summed E-state index contributed by atoms with van der Waals surface area (Å²) in [5.41, 5.74) is -1.57. The summed E-state index contributed by atoms with van der Waals surface area (Å²) in [6.07, 6.45) is 7.87. The first-order valence-corrected chi connectivity index (χ1v) is 7.48. The van der Waals surface area contributed by atoms with Gasteiger partial charge in [-0.3, -0.25) is 9.59 Å². The number of hydrogen-bond donors (Lipinski definition) is 2. The zero-order valence-corrected chi connectivity index (χ0v) is 15.2. The van der Waals surface area contributed by atoms with Gasteiger partial charge in [-0.15, -0.1) is 0 Å². The van der Waals surface area contributed by atoms with Crippen LogP contribution < -0.4 is 0 Å². The molecule has 0 aromatic carbocycles. The first-order chi connectivity index (χ1) is 9.01. The summed E-state index contributed by atoms with van der Waals surface area (Å²) in [6.45, 7) is 4.15. The molecule has 0 saturated carbocycles. The van der Waals surface area contributed by atoms with Crippen LogP contribution in [0.1, 0.15) is 80.9 Å². The first-order valence-electron chi connectivity index (χ1n) is 7.48. The largest absolute Gasteiger partial charge is 2.00 e. The molecule has 20 heavy (non-hydrogen) atoms. The summed E-state index contributed by atoms with van der Waals surface area (Å²) in [7, 11) is 0. The topological polar surface area (TPSA) is 74.6 Å². The molecule has 0 aliphatic carbocycles. The van der Waals surface area contributed by atoms with Crippen molar-refractivity contribution in [2.45, 2.75) is 78.1 Å². The van der Waals surface area contributed by atoms with E-state index in [0.29, 0.717) is 12.8 Å². The van der Waals surface area contributed by atoms with Crippen LogP contribution in [-0.4, -0.2) is 59.9 Å². The first kappa shape index (κ1) is 22.5. The summed E-state index contributed by atoms with van der Waals surface area (Å²) in [4.78, 5) is 22.8. The Bertz CT molecular complexity index is 261. The van der Waals surface area contributed by atoms with Crippen LogP contribution in [-0.2, 0) is 9.59 Å². The van der Waals surface area contributed by atoms with Gasteiger partial charge >= 0.3 is 49.7 Å². The summed E-state index contributed by atoms with van der Waals surface area (Å²) in [5.74, 6) is -2.35. The molecule has 5 heteroatoms. The van der Waals surface area contributed by atoms with E-state index in [1.807, 2.05) is 0 Å². The normalized spacial score (nSPS) is 10.9. The number of carboxylic acid groups (broad SMARTS) is 2. The van der Waals surface area contributed by atoms with Gasteiger partial charge in [-0.25, -0.2) is 0 Å². The number of carboxylic acids is 2. The molecule has 0 aromatic rings. The molecule has 0 radical (unpaired) electrons. The second kappa shape index (κ2) is 12.9. The molecule has 0 atom stereocenters. The van der Waals surface area contributed by atoms with Crippen molar-refractivity contribution in [1.82, 2.24) is 0 Å². The molecule has 0 aromatic heterocycles. The molecule has 0 fully saturated rings. The Morgan fingerprint density at radius 3 is 1.40 bits per heavy atom. The Morgan fingerprint density at radius 1 is 0.800 bits per heavy atom. The van der Waals surface area contributed by atoms with E-state index >= 15 is 0 Å². The number of unbranched alkanes of at least 4 members (excludes halogenated alkanes) is 6. The molecule has 0 saturated heterocycles. The summed E-state index contributed by atoms with van der Waals surface area (Å²) < 4.78 is 0. The molecule has 0 bridgehead atoms. The Labute approximate surface area is 155 Å². The van der Waals surface area contributed by atoms with Gasteiger partial charge in [0.2, 0.25) is 0 Å². The third-order valence-corrected chi connectivity index (χ3v) is 3.73. The molecule has 0 rings (SSSR count). The molecular weight excluding hydrogens is 284 g/mol. The Hall–Kier alpha value is 0.200. The zero-order chi connectivity index (χ0) is 14.7. The van der Waals surface area contributed by atoms with Crippen LogP contribution >= 0.6 is 0 Å². The Morgan fingerprint density at radius 2 is 1.15 bits per heavy atom. The number of hydrogen-bond acceptors (Lipinski definition) is 2. The average molecular weight is 314 g/mol. The van der Waals surface area contributed by atoms with Crippen molar-refractivity contribution >= 4 is 49.7 Å². The minimum atomic E-state index is -1.57. The van der Waals surface area contributed by atoms with Crippen molar-refractivity contribution in [3.05, 3.63) is 0 Å². The number of carbonyl (C=O) groups is 2. The number of rotatable bonds is 12. The molecule has 2 N–H and O–H groups in total. The summed E-state index contributed by atoms with van der Waals surface area (Å²) in [6, 6.07) is 0. The molecular formula is C15H30CaO4. The second-order valence-corrected chi connectivity index (χ2v) is 5.31. The summed E-state index contributed by atoms with van der Waals surface area (Å²) in [5, 5.41) is 18.7. The fourth-order valence-corrected chi connectivity index (χ4v) is 2.35. The van der Waals surface area contributed by atoms with Crippen LogP contribution in [0.5, 0.6) is 0 Å². The minimum absolute atomic E-state index is 0. The van der Waals surface area contributed by atoms with Gasteiger partial charge in [0.05, 0.1) is 0 Å². The number of aliphatic carboxylic acids is 2. The fourth-order valence-electron chi connectivity index (χ4n) is 2.35. The Kier molecular flexibility index (Phi) is 14.5. The van der Waals surface area contributed by atoms with E-state index in [4.69, 9.17) is 0 Å². The molecule has 4 nitrogen and oxygen atoms in total. The van der Waals surface area contributed by atoms with Gasteiger partial charge in [-0.2, -0.15) is 0 Å². The molecule has 116 valence electrons. The van der Waals surface area contributed by atoms with Gasteiger partial charge < -0.3 is 13.1 Å². The predicted molar refractivity (Wildman–Crippen MR) is 83.2 cm³/mol. The molecule has 0 aliphatic rings. The molecule has 0 unspecified atom stereocenters. The van der Waals surface area contributed by atoms with Gasteiger partial charge in [-0.05, 0) is 12.8 Å². The van der Waals surface area contributed by atoms with E-state index in [1.165, 1.54) is 0 Å². The standard InChI is InChI=1S/C15H28O4.Ca.2H/c1-3-5-7-9-11-15(13(16)17,14(18)19)12-10-8-6-4-2;;;/h3-12H2,1-2H3,(H,16,17)(H,18,19);;;/q;+2;2*-1. The maximum Gasteiger partial charge on any atom is 2.00 e. The monoisotopic (exact) mass is 314 g/mol. The van der Waals surface area contributed by atoms with Crippen molar-refractivity contribution in [3.63, 3.8) is 0 Å². The SMILES string of the molecule is CCCCCCC(CCCCCC)(C(=O)O)C(=O)O.[Ca+2].[H-].[H-]. The Balaban J connectivity index is -0.000000540. The van der Waals surface area contributed by atoms with E-state index < -0.39 is 17.4 Å². The maximum absolute atomic E-state index is 11.4. The quantitative estimate of drug-likeness (QED) is 0.325. The zero-order valence-electron chi connectivity index (χ0n) is 15.0. The van der Waals surface area contributed by atoms with E-state index in [-0.39, 0.29) is 53.4 Å². The van der Waals surface area contributed by atoms with Crippen molar-refractivity contribution in [3.8, 4) is 0 Å². The fraction of sp³-hybridized carbons (Fsp3) is 0.867. The smallest absolute Gasteiger partial charge is 1.00 e. The van der Waals surface area contributed by atoms with Crippen molar-refractivity contribution in [2.75, 3.05) is 0 Å². The van der Waals surface area contributed by atoms with Crippen LogP contribution in [0.25, 0.3) is 0 Å². The maximum atomic E-state index is 11.4. The van der Waals surface area contributed by atoms with E-state index in [9.17, 15) is 19.8 Å². The van der Waals surface area contributed by atoms with Gasteiger partial charge in [0, 0.05) is 0 Å². The van der Waals surface area contributed by atoms with Gasteiger partial charge in [0.1, 0.15) is 0 Å². The van der Waals surface area contributed by atoms with Crippen LogP contribution in [0.2, 0.25) is 0 Å². The average Bonchev–Trinajstić information content (AvgIpc) is 2.36. The third-order valence-electron chi connectivity index (χ3n) is 3.73. The third kappa shape index (κ3) is 7.84. The molecule has 0 spiro atoms. The van der Waals surface area contributed by atoms with E-state index in [2.05, 4.69) is 13.8 Å². The van der Waals surface area contributed by atoms with Gasteiger partial charge in [-0.1, -0.05) is 65.2 Å². The molecule has 0 heterocycles. The van der Waals surface area contributed by atoms with Crippen molar-refractivity contribution in [2.24, 2.45) is 5.41 Å².